The van der Waals surface area contributed by atoms with Gasteiger partial charge in [-0.3, -0.25) is 9.89 Å². The number of hydrogen-bond donors (Lipinski definition) is 1. The van der Waals surface area contributed by atoms with Gasteiger partial charge in [-0.2, -0.15) is 5.10 Å². The summed E-state index contributed by atoms with van der Waals surface area (Å²) in [6.07, 6.45) is 0.219. The quantitative estimate of drug-likeness (QED) is 0.796. The van der Waals surface area contributed by atoms with Gasteiger partial charge < -0.3 is 4.74 Å². The molecule has 0 aliphatic rings. The Labute approximate surface area is 93.3 Å². The highest BCUT2D eigenvalue weighted by Gasteiger charge is 2.07. The summed E-state index contributed by atoms with van der Waals surface area (Å²) < 4.78 is 4.58. The minimum Gasteiger partial charge on any atom is -0.469 e. The molecule has 1 aromatic carbocycles. The molecule has 1 heterocycles. The lowest BCUT2D eigenvalue weighted by Gasteiger charge is -1.94. The monoisotopic (exact) mass is 216 g/mol. The molecule has 0 aliphatic heterocycles. The van der Waals surface area contributed by atoms with Gasteiger partial charge in [-0.25, -0.2) is 0 Å². The molecule has 4 nitrogen and oxygen atoms in total. The van der Waals surface area contributed by atoms with Crippen LogP contribution in [-0.4, -0.2) is 23.3 Å². The fourth-order valence-electron chi connectivity index (χ4n) is 1.44. The largest absolute Gasteiger partial charge is 0.469 e. The molecule has 0 unspecified atom stereocenters. The van der Waals surface area contributed by atoms with Gasteiger partial charge in [0.15, 0.2) is 0 Å². The van der Waals surface area contributed by atoms with E-state index in [0.29, 0.717) is 0 Å². The number of methoxy groups -OCH3 is 1. The number of benzene rings is 1. The molecule has 0 saturated carbocycles. The highest BCUT2D eigenvalue weighted by atomic mass is 16.5. The molecule has 0 saturated heterocycles. The third-order valence-electron chi connectivity index (χ3n) is 2.26. The first-order chi connectivity index (χ1) is 7.79. The van der Waals surface area contributed by atoms with E-state index < -0.39 is 0 Å². The second-order valence-electron chi connectivity index (χ2n) is 3.40. The summed E-state index contributed by atoms with van der Waals surface area (Å²) >= 11 is 0. The Bertz CT molecular complexity index is 477. The van der Waals surface area contributed by atoms with E-state index in [0.717, 1.165) is 17.0 Å². The van der Waals surface area contributed by atoms with E-state index in [1.807, 2.05) is 36.4 Å². The summed E-state index contributed by atoms with van der Waals surface area (Å²) in [6, 6.07) is 11.6. The van der Waals surface area contributed by atoms with E-state index in [1.165, 1.54) is 7.11 Å². The first kappa shape index (κ1) is 10.4. The molecule has 16 heavy (non-hydrogen) atoms. The molecule has 0 spiro atoms. The van der Waals surface area contributed by atoms with Crippen molar-refractivity contribution in [2.45, 2.75) is 6.42 Å². The van der Waals surface area contributed by atoms with Crippen molar-refractivity contribution in [2.75, 3.05) is 7.11 Å². The van der Waals surface area contributed by atoms with Crippen LogP contribution in [0.1, 0.15) is 5.69 Å². The van der Waals surface area contributed by atoms with Gasteiger partial charge in [-0.05, 0) is 6.07 Å². The molecule has 82 valence electrons. The van der Waals surface area contributed by atoms with Crippen LogP contribution in [-0.2, 0) is 16.0 Å². The average molecular weight is 216 g/mol. The van der Waals surface area contributed by atoms with E-state index in [9.17, 15) is 4.79 Å². The van der Waals surface area contributed by atoms with Gasteiger partial charge in [-0.1, -0.05) is 30.3 Å². The van der Waals surface area contributed by atoms with Crippen LogP contribution in [0.2, 0.25) is 0 Å². The van der Waals surface area contributed by atoms with E-state index >= 15 is 0 Å². The van der Waals surface area contributed by atoms with Gasteiger partial charge in [-0.15, -0.1) is 0 Å². The minimum atomic E-state index is -0.275. The Balaban J connectivity index is 2.17. The van der Waals surface area contributed by atoms with Crippen LogP contribution in [0.4, 0.5) is 0 Å². The molecule has 0 atom stereocenters. The van der Waals surface area contributed by atoms with E-state index in [-0.39, 0.29) is 12.4 Å². The Morgan fingerprint density at radius 1 is 1.38 bits per heavy atom. The topological polar surface area (TPSA) is 55.0 Å². The number of aromatic amines is 1. The van der Waals surface area contributed by atoms with Crippen molar-refractivity contribution < 1.29 is 9.53 Å². The Hall–Kier alpha value is -2.10. The van der Waals surface area contributed by atoms with Crippen molar-refractivity contribution in [3.05, 3.63) is 42.1 Å². The van der Waals surface area contributed by atoms with Crippen molar-refractivity contribution in [2.24, 2.45) is 0 Å². The Kier molecular flexibility index (Phi) is 3.00. The molecular formula is C12H12N2O2. The van der Waals surface area contributed by atoms with E-state index in [4.69, 9.17) is 0 Å². The van der Waals surface area contributed by atoms with Crippen LogP contribution in [0, 0.1) is 0 Å². The van der Waals surface area contributed by atoms with Gasteiger partial charge >= 0.3 is 5.97 Å². The highest BCUT2D eigenvalue weighted by molar-refractivity contribution is 5.72. The summed E-state index contributed by atoms with van der Waals surface area (Å²) in [5.74, 6) is -0.275. The van der Waals surface area contributed by atoms with Crippen LogP contribution >= 0.6 is 0 Å². The average Bonchev–Trinajstić information content (AvgIpc) is 2.78. The summed E-state index contributed by atoms with van der Waals surface area (Å²) in [5, 5.41) is 6.96. The normalized spacial score (nSPS) is 10.1. The second kappa shape index (κ2) is 4.61. The van der Waals surface area contributed by atoms with Crippen molar-refractivity contribution in [1.82, 2.24) is 10.2 Å². The van der Waals surface area contributed by atoms with Gasteiger partial charge in [0.1, 0.15) is 0 Å². The predicted octanol–water partition coefficient (Wildman–Crippen LogP) is 1.79. The van der Waals surface area contributed by atoms with Gasteiger partial charge in [0.05, 0.1) is 19.2 Å². The predicted molar refractivity (Wildman–Crippen MR) is 59.7 cm³/mol. The second-order valence-corrected chi connectivity index (χ2v) is 3.40. The first-order valence-corrected chi connectivity index (χ1v) is 4.96. The maximum Gasteiger partial charge on any atom is 0.311 e. The number of rotatable bonds is 3. The molecule has 0 aliphatic carbocycles. The number of carbonyl (C=O) groups excluding carboxylic acids is 1. The number of ether oxygens (including phenoxy) is 1. The van der Waals surface area contributed by atoms with Gasteiger partial charge in [0.25, 0.3) is 0 Å². The zero-order chi connectivity index (χ0) is 11.4. The fourth-order valence-corrected chi connectivity index (χ4v) is 1.44. The minimum absolute atomic E-state index is 0.219. The molecule has 4 heteroatoms. The Morgan fingerprint density at radius 3 is 2.81 bits per heavy atom. The number of esters is 1. The third-order valence-corrected chi connectivity index (χ3v) is 2.26. The molecule has 2 aromatic rings. The van der Waals surface area contributed by atoms with Crippen molar-refractivity contribution >= 4 is 5.97 Å². The zero-order valence-corrected chi connectivity index (χ0v) is 8.93. The number of hydrogen-bond acceptors (Lipinski definition) is 3. The van der Waals surface area contributed by atoms with Crippen LogP contribution in [0.3, 0.4) is 0 Å². The number of aromatic nitrogens is 2. The molecule has 2 rings (SSSR count). The number of carbonyl (C=O) groups is 1. The van der Waals surface area contributed by atoms with Crippen molar-refractivity contribution in [3.63, 3.8) is 0 Å². The number of nitrogens with one attached hydrogen (secondary N) is 1. The maximum atomic E-state index is 11.1. The number of H-pyrrole nitrogens is 1. The lowest BCUT2D eigenvalue weighted by atomic mass is 10.1. The van der Waals surface area contributed by atoms with Crippen LogP contribution in [0.15, 0.2) is 36.4 Å². The molecular weight excluding hydrogens is 204 g/mol. The zero-order valence-electron chi connectivity index (χ0n) is 8.93. The maximum absolute atomic E-state index is 11.1. The van der Waals surface area contributed by atoms with Crippen molar-refractivity contribution in [3.8, 4) is 11.3 Å². The lowest BCUT2D eigenvalue weighted by Crippen LogP contribution is -2.04. The summed E-state index contributed by atoms with van der Waals surface area (Å²) in [5.41, 5.74) is 2.61. The van der Waals surface area contributed by atoms with Crippen LogP contribution < -0.4 is 0 Å². The molecule has 1 aromatic heterocycles. The molecule has 0 bridgehead atoms. The van der Waals surface area contributed by atoms with Crippen LogP contribution in [0.25, 0.3) is 11.3 Å². The Morgan fingerprint density at radius 2 is 2.12 bits per heavy atom. The fraction of sp³-hybridized carbons (Fsp3) is 0.167. The first-order valence-electron chi connectivity index (χ1n) is 4.96. The van der Waals surface area contributed by atoms with Crippen molar-refractivity contribution in [1.29, 1.82) is 0 Å². The van der Waals surface area contributed by atoms with Gasteiger partial charge in [0.2, 0.25) is 0 Å². The van der Waals surface area contributed by atoms with E-state index in [2.05, 4.69) is 14.9 Å². The highest BCUT2D eigenvalue weighted by Crippen LogP contribution is 2.16. The van der Waals surface area contributed by atoms with Crippen LogP contribution in [0.5, 0.6) is 0 Å². The third kappa shape index (κ3) is 2.28. The molecule has 1 N–H and O–H groups in total. The SMILES string of the molecule is COC(=O)Cc1cc(-c2ccccc2)n[nH]1. The van der Waals surface area contributed by atoms with E-state index in [1.54, 1.807) is 0 Å². The number of nitrogens with zero attached hydrogens (tertiary/aromatic N) is 1. The molecule has 0 radical (unpaired) electrons. The van der Waals surface area contributed by atoms with Gasteiger partial charge in [0, 0.05) is 11.3 Å². The summed E-state index contributed by atoms with van der Waals surface area (Å²) in [7, 11) is 1.37. The smallest absolute Gasteiger partial charge is 0.311 e. The summed E-state index contributed by atoms with van der Waals surface area (Å²) in [4.78, 5) is 11.1. The summed E-state index contributed by atoms with van der Waals surface area (Å²) in [6.45, 7) is 0. The molecule has 0 fully saturated rings. The lowest BCUT2D eigenvalue weighted by molar-refractivity contribution is -0.139. The standard InChI is InChI=1S/C12H12N2O2/c1-16-12(15)8-10-7-11(14-13-10)9-5-3-2-4-6-9/h2-7H,8H2,1H3,(H,13,14). The molecule has 0 amide bonds.